The molecular formula is C12H10Cl2N4O2S. The Labute approximate surface area is 134 Å². The Hall–Kier alpha value is -1.31. The van der Waals surface area contributed by atoms with E-state index in [0.29, 0.717) is 27.5 Å². The minimum Gasteiger partial charge on any atom is -0.478 e. The molecule has 1 saturated carbocycles. The molecule has 0 spiro atoms. The molecule has 0 radical (unpaired) electrons. The van der Waals surface area contributed by atoms with Crippen molar-refractivity contribution in [1.82, 2.24) is 20.2 Å². The fraction of sp³-hybridized carbons (Fsp3) is 0.333. The number of benzene rings is 1. The van der Waals surface area contributed by atoms with E-state index in [0.717, 1.165) is 12.8 Å². The molecule has 1 aromatic carbocycles. The smallest absolute Gasteiger partial charge is 0.337 e. The highest BCUT2D eigenvalue weighted by Gasteiger charge is 2.28. The van der Waals surface area contributed by atoms with Gasteiger partial charge in [0.2, 0.25) is 5.16 Å². The Kier molecular flexibility index (Phi) is 4.05. The van der Waals surface area contributed by atoms with E-state index in [9.17, 15) is 4.79 Å². The molecule has 9 heteroatoms. The number of carboxylic acids is 1. The third kappa shape index (κ3) is 3.00. The van der Waals surface area contributed by atoms with Gasteiger partial charge < -0.3 is 5.11 Å². The van der Waals surface area contributed by atoms with E-state index in [1.807, 2.05) is 0 Å². The second-order valence-electron chi connectivity index (χ2n) is 4.62. The Morgan fingerprint density at radius 1 is 1.43 bits per heavy atom. The zero-order valence-electron chi connectivity index (χ0n) is 10.7. The topological polar surface area (TPSA) is 80.9 Å². The summed E-state index contributed by atoms with van der Waals surface area (Å²) in [6.45, 7) is 0. The quantitative estimate of drug-likeness (QED) is 0.838. The Bertz CT molecular complexity index is 703. The number of tetrazole rings is 1. The van der Waals surface area contributed by atoms with Gasteiger partial charge in [-0.2, -0.15) is 0 Å². The van der Waals surface area contributed by atoms with Crippen LogP contribution in [0.3, 0.4) is 0 Å². The number of thioether (sulfide) groups is 1. The van der Waals surface area contributed by atoms with Crippen LogP contribution in [0.5, 0.6) is 0 Å². The van der Waals surface area contributed by atoms with Crippen LogP contribution in [-0.4, -0.2) is 31.3 Å². The lowest BCUT2D eigenvalue weighted by Crippen LogP contribution is -2.01. The summed E-state index contributed by atoms with van der Waals surface area (Å²) in [7, 11) is 0. The van der Waals surface area contributed by atoms with Crippen molar-refractivity contribution in [1.29, 1.82) is 0 Å². The fourth-order valence-electron chi connectivity index (χ4n) is 1.86. The number of halogens is 2. The van der Waals surface area contributed by atoms with Crippen molar-refractivity contribution < 1.29 is 9.90 Å². The van der Waals surface area contributed by atoms with Crippen molar-refractivity contribution in [3.05, 3.63) is 33.3 Å². The van der Waals surface area contributed by atoms with Crippen LogP contribution < -0.4 is 0 Å². The third-order valence-electron chi connectivity index (χ3n) is 3.12. The van der Waals surface area contributed by atoms with E-state index < -0.39 is 5.97 Å². The number of aromatic carboxylic acids is 1. The first kappa shape index (κ1) is 14.6. The molecule has 0 saturated heterocycles. The first-order valence-corrected chi connectivity index (χ1v) is 7.93. The van der Waals surface area contributed by atoms with Gasteiger partial charge >= 0.3 is 5.97 Å². The molecule has 1 aromatic heterocycles. The molecule has 1 N–H and O–H groups in total. The maximum atomic E-state index is 11.1. The molecule has 1 heterocycles. The van der Waals surface area contributed by atoms with Crippen LogP contribution in [0.2, 0.25) is 10.0 Å². The predicted octanol–water partition coefficient (Wildman–Crippen LogP) is 3.31. The number of nitrogens with zero attached hydrogens (tertiary/aromatic N) is 4. The summed E-state index contributed by atoms with van der Waals surface area (Å²) in [5.74, 6) is -0.669. The number of hydrogen-bond acceptors (Lipinski definition) is 5. The average Bonchev–Trinajstić information content (AvgIpc) is 3.17. The number of hydrogen-bond donors (Lipinski definition) is 1. The molecule has 6 nitrogen and oxygen atoms in total. The lowest BCUT2D eigenvalue weighted by molar-refractivity contribution is 0.0697. The molecule has 110 valence electrons. The minimum atomic E-state index is -1.08. The van der Waals surface area contributed by atoms with Crippen molar-refractivity contribution >= 4 is 40.9 Å². The van der Waals surface area contributed by atoms with E-state index >= 15 is 0 Å². The predicted molar refractivity (Wildman–Crippen MR) is 79.1 cm³/mol. The fourth-order valence-corrected chi connectivity index (χ4v) is 3.59. The molecule has 1 aliphatic rings. The van der Waals surface area contributed by atoms with E-state index in [2.05, 4.69) is 15.5 Å². The van der Waals surface area contributed by atoms with Crippen LogP contribution in [0.1, 0.15) is 34.8 Å². The summed E-state index contributed by atoms with van der Waals surface area (Å²) >= 11 is 13.6. The van der Waals surface area contributed by atoms with Gasteiger partial charge in [-0.15, -0.1) is 5.10 Å². The normalized spacial score (nSPS) is 14.4. The van der Waals surface area contributed by atoms with E-state index in [4.69, 9.17) is 28.3 Å². The van der Waals surface area contributed by atoms with Gasteiger partial charge in [0.25, 0.3) is 0 Å². The first-order valence-electron chi connectivity index (χ1n) is 6.18. The highest BCUT2D eigenvalue weighted by molar-refractivity contribution is 7.98. The standard InChI is InChI=1S/C12H10Cl2N4O2S/c13-9-4-3-7(11(19)20)10(14)8(9)5-21-12-15-16-17-18(12)6-1-2-6/h3-4,6H,1-2,5H2,(H,19,20). The van der Waals surface area contributed by atoms with Crippen molar-refractivity contribution in [2.24, 2.45) is 0 Å². The van der Waals surface area contributed by atoms with Gasteiger partial charge in [0, 0.05) is 16.3 Å². The molecule has 1 fully saturated rings. The SMILES string of the molecule is O=C(O)c1ccc(Cl)c(CSc2nnnn2C2CC2)c1Cl. The third-order valence-corrected chi connectivity index (χ3v) is 4.86. The number of carbonyl (C=O) groups is 1. The summed E-state index contributed by atoms with van der Waals surface area (Å²) in [6, 6.07) is 3.31. The molecule has 0 amide bonds. The van der Waals surface area contributed by atoms with Gasteiger partial charge in [-0.3, -0.25) is 0 Å². The van der Waals surface area contributed by atoms with Crippen LogP contribution in [0.4, 0.5) is 0 Å². The zero-order valence-corrected chi connectivity index (χ0v) is 13.0. The van der Waals surface area contributed by atoms with Crippen molar-refractivity contribution in [3.63, 3.8) is 0 Å². The number of carboxylic acid groups (broad SMARTS) is 1. The largest absolute Gasteiger partial charge is 0.478 e. The summed E-state index contributed by atoms with van der Waals surface area (Å²) in [5, 5.41) is 22.0. The number of rotatable bonds is 5. The van der Waals surface area contributed by atoms with Crippen LogP contribution in [-0.2, 0) is 5.75 Å². The molecule has 3 rings (SSSR count). The van der Waals surface area contributed by atoms with Gasteiger partial charge in [0.15, 0.2) is 0 Å². The van der Waals surface area contributed by atoms with Crippen LogP contribution >= 0.6 is 35.0 Å². The lowest BCUT2D eigenvalue weighted by Gasteiger charge is -2.09. The van der Waals surface area contributed by atoms with E-state index in [1.165, 1.54) is 23.9 Å². The van der Waals surface area contributed by atoms with E-state index in [-0.39, 0.29) is 10.6 Å². The summed E-state index contributed by atoms with van der Waals surface area (Å²) in [4.78, 5) is 11.1. The molecular weight excluding hydrogens is 335 g/mol. The van der Waals surface area contributed by atoms with Gasteiger partial charge in [-0.1, -0.05) is 35.0 Å². The first-order chi connectivity index (χ1) is 10.1. The monoisotopic (exact) mass is 344 g/mol. The Balaban J connectivity index is 1.83. The van der Waals surface area contributed by atoms with Crippen LogP contribution in [0.15, 0.2) is 17.3 Å². The van der Waals surface area contributed by atoms with Gasteiger partial charge in [-0.05, 0) is 35.4 Å². The van der Waals surface area contributed by atoms with Crippen LogP contribution in [0, 0.1) is 0 Å². The van der Waals surface area contributed by atoms with Crippen molar-refractivity contribution in [2.75, 3.05) is 0 Å². The second kappa shape index (κ2) is 5.82. The lowest BCUT2D eigenvalue weighted by atomic mass is 10.1. The number of aromatic nitrogens is 4. The minimum absolute atomic E-state index is 0.0402. The zero-order chi connectivity index (χ0) is 15.0. The molecule has 2 aromatic rings. The summed E-state index contributed by atoms with van der Waals surface area (Å²) in [5.41, 5.74) is 0.618. The highest BCUT2D eigenvalue weighted by Crippen LogP contribution is 2.38. The molecule has 21 heavy (non-hydrogen) atoms. The second-order valence-corrected chi connectivity index (χ2v) is 6.35. The maximum absolute atomic E-state index is 11.1. The molecule has 1 aliphatic carbocycles. The summed E-state index contributed by atoms with van der Waals surface area (Å²) in [6.07, 6.45) is 2.16. The maximum Gasteiger partial charge on any atom is 0.337 e. The summed E-state index contributed by atoms with van der Waals surface area (Å²) < 4.78 is 1.79. The highest BCUT2D eigenvalue weighted by atomic mass is 35.5. The molecule has 0 aliphatic heterocycles. The van der Waals surface area contributed by atoms with Crippen LogP contribution in [0.25, 0.3) is 0 Å². The molecule has 0 bridgehead atoms. The molecule has 0 unspecified atom stereocenters. The van der Waals surface area contributed by atoms with Crippen molar-refractivity contribution in [2.45, 2.75) is 29.8 Å². The van der Waals surface area contributed by atoms with Gasteiger partial charge in [0.1, 0.15) is 0 Å². The van der Waals surface area contributed by atoms with Gasteiger partial charge in [0.05, 0.1) is 16.6 Å². The Morgan fingerprint density at radius 3 is 2.86 bits per heavy atom. The Morgan fingerprint density at radius 2 is 2.19 bits per heavy atom. The average molecular weight is 345 g/mol. The molecule has 0 atom stereocenters. The van der Waals surface area contributed by atoms with Crippen molar-refractivity contribution in [3.8, 4) is 0 Å². The van der Waals surface area contributed by atoms with E-state index in [1.54, 1.807) is 4.68 Å². The van der Waals surface area contributed by atoms with Gasteiger partial charge in [-0.25, -0.2) is 9.48 Å².